The number of hydrogen-bond acceptors (Lipinski definition) is 3. The number of aryl methyl sites for hydroxylation is 2. The zero-order valence-corrected chi connectivity index (χ0v) is 7.37. The van der Waals surface area contributed by atoms with Gasteiger partial charge in [0.2, 0.25) is 0 Å². The lowest BCUT2D eigenvalue weighted by molar-refractivity contribution is 0.938. The molecule has 1 rings (SSSR count). The fourth-order valence-electron chi connectivity index (χ4n) is 0.613. The standard InChI is InChI=1S/C6H9ClN2S/c1-2-5-8-9-6(10-5)3-4-7/h2-4H2,1H3. The zero-order chi connectivity index (χ0) is 7.40. The van der Waals surface area contributed by atoms with E-state index in [2.05, 4.69) is 17.1 Å². The van der Waals surface area contributed by atoms with Crippen LogP contribution in [0.1, 0.15) is 16.9 Å². The highest BCUT2D eigenvalue weighted by Gasteiger charge is 1.99. The van der Waals surface area contributed by atoms with Gasteiger partial charge >= 0.3 is 0 Å². The Morgan fingerprint density at radius 2 is 2.10 bits per heavy atom. The van der Waals surface area contributed by atoms with Crippen LogP contribution in [0.25, 0.3) is 0 Å². The van der Waals surface area contributed by atoms with Crippen LogP contribution >= 0.6 is 22.9 Å². The molecule has 56 valence electrons. The molecular formula is C6H9ClN2S. The van der Waals surface area contributed by atoms with Crippen molar-refractivity contribution in [3.63, 3.8) is 0 Å². The van der Waals surface area contributed by atoms with Gasteiger partial charge < -0.3 is 0 Å². The van der Waals surface area contributed by atoms with Crippen molar-refractivity contribution in [1.82, 2.24) is 10.2 Å². The van der Waals surface area contributed by atoms with E-state index < -0.39 is 0 Å². The first kappa shape index (κ1) is 7.95. The van der Waals surface area contributed by atoms with Crippen LogP contribution in [0.4, 0.5) is 0 Å². The van der Waals surface area contributed by atoms with Crippen LogP contribution in [0.15, 0.2) is 0 Å². The van der Waals surface area contributed by atoms with Crippen LogP contribution in [-0.4, -0.2) is 16.1 Å². The molecule has 0 saturated carbocycles. The Labute approximate surface area is 69.2 Å². The summed E-state index contributed by atoms with van der Waals surface area (Å²) in [6.45, 7) is 2.07. The second kappa shape index (κ2) is 3.88. The molecule has 0 aromatic carbocycles. The van der Waals surface area contributed by atoms with Crippen LogP contribution in [-0.2, 0) is 12.8 Å². The maximum Gasteiger partial charge on any atom is 0.118 e. The SMILES string of the molecule is CCc1nnc(CCCl)s1. The van der Waals surface area contributed by atoms with Gasteiger partial charge in [-0.1, -0.05) is 6.92 Å². The van der Waals surface area contributed by atoms with Gasteiger partial charge in [-0.15, -0.1) is 33.1 Å². The summed E-state index contributed by atoms with van der Waals surface area (Å²) in [6, 6.07) is 0. The summed E-state index contributed by atoms with van der Waals surface area (Å²) in [5, 5.41) is 10.1. The Morgan fingerprint density at radius 3 is 2.60 bits per heavy atom. The lowest BCUT2D eigenvalue weighted by atomic mass is 10.5. The molecule has 0 aliphatic heterocycles. The zero-order valence-electron chi connectivity index (χ0n) is 5.80. The summed E-state index contributed by atoms with van der Waals surface area (Å²) in [5.74, 6) is 0.637. The molecule has 0 radical (unpaired) electrons. The third-order valence-corrected chi connectivity index (χ3v) is 2.44. The van der Waals surface area contributed by atoms with E-state index in [1.807, 2.05) is 0 Å². The van der Waals surface area contributed by atoms with Crippen LogP contribution in [0.5, 0.6) is 0 Å². The Balaban J connectivity index is 2.59. The van der Waals surface area contributed by atoms with Gasteiger partial charge in [0, 0.05) is 12.3 Å². The first-order chi connectivity index (χ1) is 4.86. The fourth-order valence-corrected chi connectivity index (χ4v) is 1.69. The largest absolute Gasteiger partial charge is 0.144 e. The number of halogens is 1. The van der Waals surface area contributed by atoms with Crippen molar-refractivity contribution in [3.05, 3.63) is 10.0 Å². The predicted molar refractivity (Wildman–Crippen MR) is 43.7 cm³/mol. The molecule has 0 aliphatic carbocycles. The van der Waals surface area contributed by atoms with Crippen LogP contribution in [0.2, 0.25) is 0 Å². The van der Waals surface area contributed by atoms with Gasteiger partial charge in [0.05, 0.1) is 0 Å². The van der Waals surface area contributed by atoms with Gasteiger partial charge in [0.1, 0.15) is 10.0 Å². The first-order valence-corrected chi connectivity index (χ1v) is 4.59. The number of aromatic nitrogens is 2. The van der Waals surface area contributed by atoms with Crippen molar-refractivity contribution in [2.24, 2.45) is 0 Å². The molecule has 0 atom stereocenters. The molecule has 0 saturated heterocycles. The lowest BCUT2D eigenvalue weighted by Crippen LogP contribution is -1.83. The van der Waals surface area contributed by atoms with Crippen molar-refractivity contribution < 1.29 is 0 Å². The van der Waals surface area contributed by atoms with Crippen LogP contribution in [0, 0.1) is 0 Å². The number of hydrogen-bond donors (Lipinski definition) is 0. The number of rotatable bonds is 3. The van der Waals surface area contributed by atoms with Crippen molar-refractivity contribution in [3.8, 4) is 0 Å². The maximum absolute atomic E-state index is 5.53. The summed E-state index contributed by atoms with van der Waals surface area (Å²) in [4.78, 5) is 0. The van der Waals surface area contributed by atoms with Gasteiger partial charge in [-0.05, 0) is 6.42 Å². The maximum atomic E-state index is 5.53. The minimum atomic E-state index is 0.637. The average Bonchev–Trinajstić information content (AvgIpc) is 2.37. The summed E-state index contributed by atoms with van der Waals surface area (Å²) in [7, 11) is 0. The second-order valence-electron chi connectivity index (χ2n) is 1.88. The molecule has 2 nitrogen and oxygen atoms in total. The van der Waals surface area contributed by atoms with E-state index in [1.54, 1.807) is 11.3 Å². The monoisotopic (exact) mass is 176 g/mol. The number of alkyl halides is 1. The predicted octanol–water partition coefficient (Wildman–Crippen LogP) is 1.88. The molecule has 0 unspecified atom stereocenters. The molecule has 0 aliphatic rings. The molecule has 10 heavy (non-hydrogen) atoms. The average molecular weight is 177 g/mol. The lowest BCUT2D eigenvalue weighted by Gasteiger charge is -1.82. The van der Waals surface area contributed by atoms with E-state index in [1.165, 1.54) is 0 Å². The molecule has 1 heterocycles. The van der Waals surface area contributed by atoms with E-state index in [0.29, 0.717) is 5.88 Å². The second-order valence-corrected chi connectivity index (χ2v) is 3.41. The Hall–Kier alpha value is -0.150. The van der Waals surface area contributed by atoms with E-state index in [-0.39, 0.29) is 0 Å². The third kappa shape index (κ3) is 1.92. The highest BCUT2D eigenvalue weighted by molar-refractivity contribution is 7.11. The van der Waals surface area contributed by atoms with Crippen molar-refractivity contribution in [1.29, 1.82) is 0 Å². The highest BCUT2D eigenvalue weighted by atomic mass is 35.5. The van der Waals surface area contributed by atoms with Gasteiger partial charge in [-0.3, -0.25) is 0 Å². The molecular weight excluding hydrogens is 168 g/mol. The smallest absolute Gasteiger partial charge is 0.118 e. The molecule has 0 spiro atoms. The van der Waals surface area contributed by atoms with E-state index in [0.717, 1.165) is 22.9 Å². The third-order valence-electron chi connectivity index (χ3n) is 1.12. The van der Waals surface area contributed by atoms with E-state index >= 15 is 0 Å². The van der Waals surface area contributed by atoms with E-state index in [9.17, 15) is 0 Å². The molecule has 4 heteroatoms. The Kier molecular flexibility index (Phi) is 3.09. The Bertz CT molecular complexity index is 199. The summed E-state index contributed by atoms with van der Waals surface area (Å²) in [5.41, 5.74) is 0. The number of nitrogens with zero attached hydrogens (tertiary/aromatic N) is 2. The molecule has 0 fully saturated rings. The minimum Gasteiger partial charge on any atom is -0.144 e. The van der Waals surface area contributed by atoms with E-state index in [4.69, 9.17) is 11.6 Å². The Morgan fingerprint density at radius 1 is 1.40 bits per heavy atom. The summed E-state index contributed by atoms with van der Waals surface area (Å²) < 4.78 is 0. The van der Waals surface area contributed by atoms with Crippen LogP contribution < -0.4 is 0 Å². The summed E-state index contributed by atoms with van der Waals surface area (Å²) >= 11 is 7.18. The van der Waals surface area contributed by atoms with Gasteiger partial charge in [-0.2, -0.15) is 0 Å². The van der Waals surface area contributed by atoms with Crippen molar-refractivity contribution in [2.45, 2.75) is 19.8 Å². The molecule has 1 aromatic heterocycles. The highest BCUT2D eigenvalue weighted by Crippen LogP contribution is 2.10. The molecule has 0 amide bonds. The fraction of sp³-hybridized carbons (Fsp3) is 0.667. The van der Waals surface area contributed by atoms with Gasteiger partial charge in [0.25, 0.3) is 0 Å². The van der Waals surface area contributed by atoms with Crippen molar-refractivity contribution in [2.75, 3.05) is 5.88 Å². The normalized spacial score (nSPS) is 10.2. The van der Waals surface area contributed by atoms with Crippen LogP contribution in [0.3, 0.4) is 0 Å². The van der Waals surface area contributed by atoms with Gasteiger partial charge in [0.15, 0.2) is 0 Å². The molecule has 0 N–H and O–H groups in total. The topological polar surface area (TPSA) is 25.8 Å². The summed E-state index contributed by atoms with van der Waals surface area (Å²) in [6.07, 6.45) is 1.82. The minimum absolute atomic E-state index is 0.637. The molecule has 0 bridgehead atoms. The van der Waals surface area contributed by atoms with Gasteiger partial charge in [-0.25, -0.2) is 0 Å². The molecule has 1 aromatic rings. The first-order valence-electron chi connectivity index (χ1n) is 3.24. The van der Waals surface area contributed by atoms with Crippen molar-refractivity contribution >= 4 is 22.9 Å². The quantitative estimate of drug-likeness (QED) is 0.658.